The highest BCUT2D eigenvalue weighted by Gasteiger charge is 2.21. The van der Waals surface area contributed by atoms with Gasteiger partial charge in [0.05, 0.1) is 10.9 Å². The number of hydrogen-bond acceptors (Lipinski definition) is 4. The van der Waals surface area contributed by atoms with Gasteiger partial charge in [-0.2, -0.15) is 0 Å². The Morgan fingerprint density at radius 1 is 1.24 bits per heavy atom. The average molecular weight is 346 g/mol. The summed E-state index contributed by atoms with van der Waals surface area (Å²) in [6.07, 6.45) is 1.61. The summed E-state index contributed by atoms with van der Waals surface area (Å²) < 4.78 is 1.39. The van der Waals surface area contributed by atoms with E-state index in [1.807, 2.05) is 27.7 Å². The molecule has 0 aliphatic rings. The normalized spacial score (nSPS) is 11.5. The van der Waals surface area contributed by atoms with E-state index in [0.29, 0.717) is 12.2 Å². The van der Waals surface area contributed by atoms with Gasteiger partial charge < -0.3 is 5.32 Å². The van der Waals surface area contributed by atoms with E-state index in [0.717, 1.165) is 12.8 Å². The van der Waals surface area contributed by atoms with Crippen molar-refractivity contribution in [2.75, 3.05) is 0 Å². The number of nitrogens with one attached hydrogen (secondary N) is 2. The van der Waals surface area contributed by atoms with Gasteiger partial charge in [0.1, 0.15) is 0 Å². The van der Waals surface area contributed by atoms with Crippen molar-refractivity contribution in [3.05, 3.63) is 38.2 Å². The fourth-order valence-corrected chi connectivity index (χ4v) is 2.82. The number of aromatic amines is 1. The van der Waals surface area contributed by atoms with Gasteiger partial charge in [0.2, 0.25) is 0 Å². The maximum Gasteiger partial charge on any atom is 0.329 e. The summed E-state index contributed by atoms with van der Waals surface area (Å²) >= 11 is 0. The van der Waals surface area contributed by atoms with Crippen molar-refractivity contribution in [3.8, 4) is 0 Å². The SMILES string of the molecule is CCC(CC)NC(=O)c1cc(C(C)C)nc2c1c(=O)[nH]c(=O)n2CC. The Bertz CT molecular complexity index is 892. The van der Waals surface area contributed by atoms with Crippen molar-refractivity contribution in [2.24, 2.45) is 0 Å². The van der Waals surface area contributed by atoms with Crippen molar-refractivity contribution in [2.45, 2.75) is 66.0 Å². The number of nitrogens with zero attached hydrogens (tertiary/aromatic N) is 2. The lowest BCUT2D eigenvalue weighted by Gasteiger charge is -2.17. The molecule has 25 heavy (non-hydrogen) atoms. The largest absolute Gasteiger partial charge is 0.349 e. The van der Waals surface area contributed by atoms with Crippen LogP contribution in [0.4, 0.5) is 0 Å². The molecule has 0 unspecified atom stereocenters. The second kappa shape index (κ2) is 7.63. The number of hydrogen-bond donors (Lipinski definition) is 2. The summed E-state index contributed by atoms with van der Waals surface area (Å²) in [4.78, 5) is 44.1. The summed E-state index contributed by atoms with van der Waals surface area (Å²) in [7, 11) is 0. The predicted molar refractivity (Wildman–Crippen MR) is 98.2 cm³/mol. The van der Waals surface area contributed by atoms with Crippen LogP contribution < -0.4 is 16.6 Å². The molecule has 7 nitrogen and oxygen atoms in total. The lowest BCUT2D eigenvalue weighted by atomic mass is 10.0. The third-order valence-corrected chi connectivity index (χ3v) is 4.44. The molecule has 0 saturated carbocycles. The van der Waals surface area contributed by atoms with Gasteiger partial charge >= 0.3 is 5.69 Å². The first-order chi connectivity index (χ1) is 11.8. The minimum Gasteiger partial charge on any atom is -0.349 e. The first kappa shape index (κ1) is 18.9. The molecule has 136 valence electrons. The van der Waals surface area contributed by atoms with E-state index in [4.69, 9.17) is 0 Å². The zero-order valence-electron chi connectivity index (χ0n) is 15.5. The zero-order valence-corrected chi connectivity index (χ0v) is 15.5. The van der Waals surface area contributed by atoms with Gasteiger partial charge in [-0.3, -0.25) is 19.1 Å². The molecular formula is C18H26N4O3. The Balaban J connectivity index is 2.80. The van der Waals surface area contributed by atoms with E-state index < -0.39 is 11.2 Å². The molecule has 2 heterocycles. The Hall–Kier alpha value is -2.44. The minimum atomic E-state index is -0.581. The molecule has 0 fully saturated rings. The molecule has 7 heteroatoms. The summed E-state index contributed by atoms with van der Waals surface area (Å²) in [5.74, 6) is -0.251. The first-order valence-electron chi connectivity index (χ1n) is 8.82. The topological polar surface area (TPSA) is 96.8 Å². The second-order valence-electron chi connectivity index (χ2n) is 6.44. The maximum atomic E-state index is 12.8. The van der Waals surface area contributed by atoms with Crippen molar-refractivity contribution in [1.82, 2.24) is 19.9 Å². The summed E-state index contributed by atoms with van der Waals surface area (Å²) in [5, 5.41) is 3.12. The van der Waals surface area contributed by atoms with Gasteiger partial charge in [0, 0.05) is 18.3 Å². The number of carbonyl (C=O) groups excluding carboxylic acids is 1. The van der Waals surface area contributed by atoms with E-state index >= 15 is 0 Å². The highest BCUT2D eigenvalue weighted by Crippen LogP contribution is 2.20. The molecule has 0 bridgehead atoms. The van der Waals surface area contributed by atoms with Gasteiger partial charge in [0.25, 0.3) is 11.5 Å². The molecule has 2 N–H and O–H groups in total. The first-order valence-corrected chi connectivity index (χ1v) is 8.82. The standard InChI is InChI=1S/C18H26N4O3/c1-6-11(7-2)19-16(23)12-9-13(10(4)5)20-15-14(12)17(24)21-18(25)22(15)8-3/h9-11H,6-8H2,1-5H3,(H,19,23)(H,21,24,25). The monoisotopic (exact) mass is 346 g/mol. The molecule has 0 aliphatic heterocycles. The third-order valence-electron chi connectivity index (χ3n) is 4.44. The molecule has 0 atom stereocenters. The summed E-state index contributed by atoms with van der Waals surface area (Å²) in [6.45, 7) is 10.1. The van der Waals surface area contributed by atoms with Crippen molar-refractivity contribution in [1.29, 1.82) is 0 Å². The lowest BCUT2D eigenvalue weighted by molar-refractivity contribution is 0.0936. The highest BCUT2D eigenvalue weighted by atomic mass is 16.2. The molecular weight excluding hydrogens is 320 g/mol. The van der Waals surface area contributed by atoms with E-state index in [2.05, 4.69) is 15.3 Å². The quantitative estimate of drug-likeness (QED) is 0.837. The number of amides is 1. The molecule has 2 aromatic rings. The fourth-order valence-electron chi connectivity index (χ4n) is 2.82. The van der Waals surface area contributed by atoms with Gasteiger partial charge in [0.15, 0.2) is 5.65 Å². The van der Waals surface area contributed by atoms with Gasteiger partial charge in [-0.05, 0) is 31.7 Å². The van der Waals surface area contributed by atoms with Crippen LogP contribution in [0.25, 0.3) is 11.0 Å². The van der Waals surface area contributed by atoms with Gasteiger partial charge in [-0.1, -0.05) is 27.7 Å². The fraction of sp³-hybridized carbons (Fsp3) is 0.556. The van der Waals surface area contributed by atoms with E-state index in [-0.39, 0.29) is 34.5 Å². The summed E-state index contributed by atoms with van der Waals surface area (Å²) in [6, 6.07) is 1.69. The molecule has 0 aromatic carbocycles. The van der Waals surface area contributed by atoms with Crippen LogP contribution in [0.15, 0.2) is 15.7 Å². The molecule has 0 radical (unpaired) electrons. The van der Waals surface area contributed by atoms with E-state index in [1.54, 1.807) is 13.0 Å². The van der Waals surface area contributed by atoms with Crippen LogP contribution in [-0.2, 0) is 6.54 Å². The van der Waals surface area contributed by atoms with E-state index in [9.17, 15) is 14.4 Å². The van der Waals surface area contributed by atoms with Crippen LogP contribution in [-0.4, -0.2) is 26.5 Å². The van der Waals surface area contributed by atoms with Crippen LogP contribution in [0.2, 0.25) is 0 Å². The highest BCUT2D eigenvalue weighted by molar-refractivity contribution is 6.05. The maximum absolute atomic E-state index is 12.8. The minimum absolute atomic E-state index is 0.0365. The molecule has 0 aliphatic carbocycles. The second-order valence-corrected chi connectivity index (χ2v) is 6.44. The van der Waals surface area contributed by atoms with Crippen molar-refractivity contribution >= 4 is 16.9 Å². The number of pyridine rings is 1. The summed E-state index contributed by atoms with van der Waals surface area (Å²) in [5.41, 5.74) is 0.109. The molecule has 0 spiro atoms. The molecule has 2 rings (SSSR count). The number of H-pyrrole nitrogens is 1. The molecule has 1 amide bonds. The van der Waals surface area contributed by atoms with Crippen molar-refractivity contribution < 1.29 is 4.79 Å². The number of fused-ring (bicyclic) bond motifs is 1. The molecule has 2 aromatic heterocycles. The Labute approximate surface area is 146 Å². The Morgan fingerprint density at radius 2 is 1.88 bits per heavy atom. The zero-order chi connectivity index (χ0) is 18.7. The third kappa shape index (κ3) is 3.65. The number of rotatable bonds is 6. The van der Waals surface area contributed by atoms with Gasteiger partial charge in [-0.15, -0.1) is 0 Å². The van der Waals surface area contributed by atoms with Crippen molar-refractivity contribution in [3.63, 3.8) is 0 Å². The number of aromatic nitrogens is 3. The lowest BCUT2D eigenvalue weighted by Crippen LogP contribution is -2.36. The number of carbonyl (C=O) groups is 1. The van der Waals surface area contributed by atoms with Crippen LogP contribution in [0.3, 0.4) is 0 Å². The van der Waals surface area contributed by atoms with Crippen LogP contribution in [0.1, 0.15) is 69.4 Å². The smallest absolute Gasteiger partial charge is 0.329 e. The number of aryl methyl sites for hydroxylation is 1. The van der Waals surface area contributed by atoms with Crippen LogP contribution in [0.5, 0.6) is 0 Å². The Kier molecular flexibility index (Phi) is 5.77. The molecule has 0 saturated heterocycles. The predicted octanol–water partition coefficient (Wildman–Crippen LogP) is 2.15. The average Bonchev–Trinajstić information content (AvgIpc) is 2.58. The van der Waals surface area contributed by atoms with Gasteiger partial charge in [-0.25, -0.2) is 9.78 Å². The van der Waals surface area contributed by atoms with E-state index in [1.165, 1.54) is 4.57 Å². The van der Waals surface area contributed by atoms with Crippen LogP contribution in [0, 0.1) is 0 Å². The Morgan fingerprint density at radius 3 is 2.40 bits per heavy atom. The van der Waals surface area contributed by atoms with Crippen LogP contribution >= 0.6 is 0 Å².